The number of nitrogens with zero attached hydrogens (tertiary/aromatic N) is 1. The standard InChI is InChI=1S/C14H18ClNO4S/c1-11-10-16(6-7-20-11)14(17)5-8-21(18,19)13-4-2-3-12(15)9-13/h2-4,9,11H,5-8,10H2,1H3. The van der Waals surface area contributed by atoms with E-state index in [0.29, 0.717) is 24.7 Å². The first-order chi connectivity index (χ1) is 9.88. The first-order valence-electron chi connectivity index (χ1n) is 6.76. The number of amides is 1. The maximum atomic E-state index is 12.2. The van der Waals surface area contributed by atoms with E-state index in [1.807, 2.05) is 6.92 Å². The highest BCUT2D eigenvalue weighted by Gasteiger charge is 2.23. The number of halogens is 1. The molecule has 0 aromatic heterocycles. The lowest BCUT2D eigenvalue weighted by atomic mass is 10.3. The van der Waals surface area contributed by atoms with Gasteiger partial charge in [-0.15, -0.1) is 0 Å². The summed E-state index contributed by atoms with van der Waals surface area (Å²) in [6.45, 7) is 3.41. The van der Waals surface area contributed by atoms with Gasteiger partial charge in [-0.1, -0.05) is 17.7 Å². The fourth-order valence-corrected chi connectivity index (χ4v) is 3.73. The molecule has 0 aliphatic carbocycles. The van der Waals surface area contributed by atoms with E-state index in [0.717, 1.165) is 0 Å². The second kappa shape index (κ2) is 6.77. The molecule has 2 rings (SSSR count). The van der Waals surface area contributed by atoms with E-state index in [4.69, 9.17) is 16.3 Å². The largest absolute Gasteiger partial charge is 0.375 e. The maximum Gasteiger partial charge on any atom is 0.223 e. The molecule has 1 aromatic rings. The van der Waals surface area contributed by atoms with Crippen molar-refractivity contribution in [3.8, 4) is 0 Å². The van der Waals surface area contributed by atoms with E-state index >= 15 is 0 Å². The molecule has 116 valence electrons. The van der Waals surface area contributed by atoms with Crippen molar-refractivity contribution in [2.24, 2.45) is 0 Å². The molecule has 0 spiro atoms. The van der Waals surface area contributed by atoms with Gasteiger partial charge in [0.25, 0.3) is 0 Å². The van der Waals surface area contributed by atoms with Gasteiger partial charge in [0, 0.05) is 24.5 Å². The molecule has 0 bridgehead atoms. The van der Waals surface area contributed by atoms with Crippen molar-refractivity contribution in [3.63, 3.8) is 0 Å². The maximum absolute atomic E-state index is 12.2. The number of ether oxygens (including phenoxy) is 1. The minimum atomic E-state index is -3.49. The predicted octanol–water partition coefficient (Wildman–Crippen LogP) is 1.75. The predicted molar refractivity (Wildman–Crippen MR) is 80.1 cm³/mol. The number of sulfone groups is 1. The molecule has 7 heteroatoms. The zero-order valence-corrected chi connectivity index (χ0v) is 13.4. The van der Waals surface area contributed by atoms with Crippen LogP contribution in [0.4, 0.5) is 0 Å². The van der Waals surface area contributed by atoms with Crippen LogP contribution in [0.5, 0.6) is 0 Å². The Morgan fingerprint density at radius 2 is 2.24 bits per heavy atom. The molecule has 1 aliphatic heterocycles. The molecule has 1 aromatic carbocycles. The summed E-state index contributed by atoms with van der Waals surface area (Å²) in [4.78, 5) is 13.9. The van der Waals surface area contributed by atoms with Gasteiger partial charge in [-0.2, -0.15) is 0 Å². The summed E-state index contributed by atoms with van der Waals surface area (Å²) >= 11 is 5.80. The van der Waals surface area contributed by atoms with Gasteiger partial charge in [0.15, 0.2) is 9.84 Å². The lowest BCUT2D eigenvalue weighted by molar-refractivity contribution is -0.137. The molecule has 1 aliphatic rings. The highest BCUT2D eigenvalue weighted by molar-refractivity contribution is 7.91. The lowest BCUT2D eigenvalue weighted by Gasteiger charge is -2.31. The van der Waals surface area contributed by atoms with E-state index < -0.39 is 9.84 Å². The Morgan fingerprint density at radius 3 is 2.90 bits per heavy atom. The molecule has 0 radical (unpaired) electrons. The SMILES string of the molecule is CC1CN(C(=O)CCS(=O)(=O)c2cccc(Cl)c2)CCO1. The molecule has 5 nitrogen and oxygen atoms in total. The summed E-state index contributed by atoms with van der Waals surface area (Å²) in [5.41, 5.74) is 0. The Balaban J connectivity index is 1.97. The van der Waals surface area contributed by atoms with Crippen LogP contribution < -0.4 is 0 Å². The first-order valence-corrected chi connectivity index (χ1v) is 8.79. The van der Waals surface area contributed by atoms with Crippen molar-refractivity contribution in [1.29, 1.82) is 0 Å². The molecule has 1 atom stereocenters. The highest BCUT2D eigenvalue weighted by Crippen LogP contribution is 2.18. The Hall–Kier alpha value is -1.11. The molecule has 0 saturated carbocycles. The summed E-state index contributed by atoms with van der Waals surface area (Å²) in [5, 5.41) is 0.365. The zero-order chi connectivity index (χ0) is 15.5. The molecular weight excluding hydrogens is 314 g/mol. The first kappa shape index (κ1) is 16.3. The van der Waals surface area contributed by atoms with Gasteiger partial charge in [-0.25, -0.2) is 8.42 Å². The van der Waals surface area contributed by atoms with Gasteiger partial charge < -0.3 is 9.64 Å². The van der Waals surface area contributed by atoms with Crippen LogP contribution in [0.3, 0.4) is 0 Å². The molecule has 1 amide bonds. The molecule has 1 heterocycles. The third kappa shape index (κ3) is 4.43. The van der Waals surface area contributed by atoms with Crippen molar-refractivity contribution >= 4 is 27.3 Å². The second-order valence-corrected chi connectivity index (χ2v) is 7.59. The number of hydrogen-bond donors (Lipinski definition) is 0. The minimum Gasteiger partial charge on any atom is -0.375 e. The van der Waals surface area contributed by atoms with Crippen molar-refractivity contribution in [2.45, 2.75) is 24.3 Å². The van der Waals surface area contributed by atoms with Gasteiger partial charge in [-0.05, 0) is 25.1 Å². The van der Waals surface area contributed by atoms with Crippen molar-refractivity contribution in [1.82, 2.24) is 4.90 Å². The van der Waals surface area contributed by atoms with E-state index in [1.54, 1.807) is 17.0 Å². The number of carbonyl (C=O) groups excluding carboxylic acids is 1. The Kier molecular flexibility index (Phi) is 5.24. The van der Waals surface area contributed by atoms with Crippen LogP contribution >= 0.6 is 11.6 Å². The molecule has 1 fully saturated rings. The van der Waals surface area contributed by atoms with Crippen LogP contribution in [-0.2, 0) is 19.4 Å². The van der Waals surface area contributed by atoms with Gasteiger partial charge in [0.05, 0.1) is 23.4 Å². The lowest BCUT2D eigenvalue weighted by Crippen LogP contribution is -2.44. The summed E-state index contributed by atoms with van der Waals surface area (Å²) < 4.78 is 29.7. The van der Waals surface area contributed by atoms with E-state index in [1.165, 1.54) is 12.1 Å². The third-order valence-corrected chi connectivity index (χ3v) is 5.28. The van der Waals surface area contributed by atoms with E-state index in [-0.39, 0.29) is 29.1 Å². The van der Waals surface area contributed by atoms with Crippen LogP contribution in [-0.4, -0.2) is 50.8 Å². The quantitative estimate of drug-likeness (QED) is 0.843. The average molecular weight is 332 g/mol. The number of rotatable bonds is 4. The molecule has 1 unspecified atom stereocenters. The van der Waals surface area contributed by atoms with Gasteiger partial charge in [0.1, 0.15) is 0 Å². The van der Waals surface area contributed by atoms with Crippen LogP contribution in [0.25, 0.3) is 0 Å². The van der Waals surface area contributed by atoms with Crippen LogP contribution in [0, 0.1) is 0 Å². The van der Waals surface area contributed by atoms with Crippen molar-refractivity contribution in [2.75, 3.05) is 25.4 Å². The fourth-order valence-electron chi connectivity index (χ4n) is 2.20. The average Bonchev–Trinajstić information content (AvgIpc) is 2.45. The highest BCUT2D eigenvalue weighted by atomic mass is 35.5. The number of morpholine rings is 1. The fraction of sp³-hybridized carbons (Fsp3) is 0.500. The number of hydrogen-bond acceptors (Lipinski definition) is 4. The van der Waals surface area contributed by atoms with Gasteiger partial charge in [-0.3, -0.25) is 4.79 Å². The normalized spacial score (nSPS) is 19.5. The van der Waals surface area contributed by atoms with Crippen LogP contribution in [0.2, 0.25) is 5.02 Å². The summed E-state index contributed by atoms with van der Waals surface area (Å²) in [6.07, 6.45) is -0.0334. The van der Waals surface area contributed by atoms with Crippen molar-refractivity contribution < 1.29 is 17.9 Å². The monoisotopic (exact) mass is 331 g/mol. The number of carbonyl (C=O) groups is 1. The molecule has 21 heavy (non-hydrogen) atoms. The van der Waals surface area contributed by atoms with E-state index in [9.17, 15) is 13.2 Å². The molecular formula is C14H18ClNO4S. The zero-order valence-electron chi connectivity index (χ0n) is 11.8. The smallest absolute Gasteiger partial charge is 0.223 e. The summed E-state index contributed by atoms with van der Waals surface area (Å²) in [7, 11) is -3.49. The molecule has 0 N–H and O–H groups in total. The summed E-state index contributed by atoms with van der Waals surface area (Å²) in [6, 6.07) is 6.09. The molecule has 1 saturated heterocycles. The topological polar surface area (TPSA) is 63.7 Å². The van der Waals surface area contributed by atoms with Crippen molar-refractivity contribution in [3.05, 3.63) is 29.3 Å². The Morgan fingerprint density at radius 1 is 1.48 bits per heavy atom. The summed E-state index contributed by atoms with van der Waals surface area (Å²) in [5.74, 6) is -0.367. The Labute approximate surface area is 129 Å². The van der Waals surface area contributed by atoms with Crippen LogP contribution in [0.15, 0.2) is 29.2 Å². The van der Waals surface area contributed by atoms with Crippen LogP contribution in [0.1, 0.15) is 13.3 Å². The number of benzene rings is 1. The Bertz CT molecular complexity index is 617. The van der Waals surface area contributed by atoms with Gasteiger partial charge in [0.2, 0.25) is 5.91 Å². The third-order valence-electron chi connectivity index (χ3n) is 3.33. The minimum absolute atomic E-state index is 0.00719. The van der Waals surface area contributed by atoms with Gasteiger partial charge >= 0.3 is 0 Å². The second-order valence-electron chi connectivity index (χ2n) is 5.05. The van der Waals surface area contributed by atoms with E-state index in [2.05, 4.69) is 0 Å².